The van der Waals surface area contributed by atoms with Crippen molar-refractivity contribution in [2.45, 2.75) is 31.0 Å². The topological polar surface area (TPSA) is 73.8 Å². The van der Waals surface area contributed by atoms with Crippen LogP contribution in [0.25, 0.3) is 0 Å². The van der Waals surface area contributed by atoms with Crippen LogP contribution in [0, 0.1) is 5.82 Å². The SMILES string of the molecule is CN(C)c1nc(N[C@H]2C[C@H]3CO[C@@H](CCO)CN3C2)ncc1F. The highest BCUT2D eigenvalue weighted by Crippen LogP contribution is 2.26. The monoisotopic (exact) mass is 325 g/mol. The molecule has 128 valence electrons. The van der Waals surface area contributed by atoms with E-state index in [1.165, 1.54) is 6.20 Å². The number of morpholine rings is 1. The van der Waals surface area contributed by atoms with Crippen molar-refractivity contribution in [2.24, 2.45) is 0 Å². The molecule has 1 aromatic rings. The van der Waals surface area contributed by atoms with Crippen LogP contribution in [0.5, 0.6) is 0 Å². The van der Waals surface area contributed by atoms with Gasteiger partial charge in [0.15, 0.2) is 11.6 Å². The Labute approximate surface area is 135 Å². The number of halogens is 1. The van der Waals surface area contributed by atoms with Crippen LogP contribution in [0.3, 0.4) is 0 Å². The van der Waals surface area contributed by atoms with Gasteiger partial charge in [0.05, 0.1) is 18.9 Å². The summed E-state index contributed by atoms with van der Waals surface area (Å²) in [6.07, 6.45) is 2.93. The Hall–Kier alpha value is -1.51. The number of hydrogen-bond acceptors (Lipinski definition) is 7. The molecule has 2 aliphatic rings. The molecule has 2 fully saturated rings. The Morgan fingerprint density at radius 3 is 3.04 bits per heavy atom. The molecule has 3 heterocycles. The number of ether oxygens (including phenoxy) is 1. The third-order valence-electron chi connectivity index (χ3n) is 4.42. The molecule has 0 spiro atoms. The van der Waals surface area contributed by atoms with Gasteiger partial charge in [-0.1, -0.05) is 0 Å². The maximum atomic E-state index is 13.7. The summed E-state index contributed by atoms with van der Waals surface area (Å²) in [6.45, 7) is 2.57. The molecule has 8 heteroatoms. The van der Waals surface area contributed by atoms with Crippen LogP contribution in [-0.2, 0) is 4.74 Å². The van der Waals surface area contributed by atoms with Crippen LogP contribution in [0.4, 0.5) is 16.2 Å². The Bertz CT molecular complexity index is 545. The fourth-order valence-corrected chi connectivity index (χ4v) is 3.29. The molecule has 3 rings (SSSR count). The van der Waals surface area contributed by atoms with E-state index in [0.29, 0.717) is 25.0 Å². The molecule has 23 heavy (non-hydrogen) atoms. The molecular weight excluding hydrogens is 301 g/mol. The number of aliphatic hydroxyl groups excluding tert-OH is 1. The van der Waals surface area contributed by atoms with Crippen molar-refractivity contribution < 1.29 is 14.2 Å². The number of anilines is 2. The largest absolute Gasteiger partial charge is 0.396 e. The van der Waals surface area contributed by atoms with Crippen molar-refractivity contribution in [3.05, 3.63) is 12.0 Å². The molecule has 1 aromatic heterocycles. The smallest absolute Gasteiger partial charge is 0.225 e. The van der Waals surface area contributed by atoms with Crippen molar-refractivity contribution >= 4 is 11.8 Å². The first-order chi connectivity index (χ1) is 11.1. The zero-order valence-electron chi connectivity index (χ0n) is 13.6. The first-order valence-electron chi connectivity index (χ1n) is 7.99. The van der Waals surface area contributed by atoms with E-state index in [2.05, 4.69) is 20.2 Å². The fraction of sp³-hybridized carbons (Fsp3) is 0.733. The first-order valence-corrected chi connectivity index (χ1v) is 7.99. The normalized spacial score (nSPS) is 27.7. The lowest BCUT2D eigenvalue weighted by molar-refractivity contribution is -0.0566. The lowest BCUT2D eigenvalue weighted by Gasteiger charge is -2.34. The molecule has 0 saturated carbocycles. The maximum absolute atomic E-state index is 13.7. The molecule has 3 atom stereocenters. The van der Waals surface area contributed by atoms with E-state index >= 15 is 0 Å². The molecule has 0 unspecified atom stereocenters. The zero-order chi connectivity index (χ0) is 16.4. The van der Waals surface area contributed by atoms with Crippen molar-refractivity contribution in [3.8, 4) is 0 Å². The first kappa shape index (κ1) is 16.4. The highest BCUT2D eigenvalue weighted by molar-refractivity contribution is 5.42. The molecule has 2 N–H and O–H groups in total. The van der Waals surface area contributed by atoms with Gasteiger partial charge in [0.2, 0.25) is 5.95 Å². The summed E-state index contributed by atoms with van der Waals surface area (Å²) in [4.78, 5) is 12.3. The highest BCUT2D eigenvalue weighted by Gasteiger charge is 2.37. The van der Waals surface area contributed by atoms with Gasteiger partial charge in [-0.3, -0.25) is 4.90 Å². The van der Waals surface area contributed by atoms with Gasteiger partial charge in [-0.15, -0.1) is 0 Å². The van der Waals surface area contributed by atoms with Gasteiger partial charge < -0.3 is 20.1 Å². The van der Waals surface area contributed by atoms with E-state index in [1.807, 2.05) is 0 Å². The number of nitrogens with zero attached hydrogens (tertiary/aromatic N) is 4. The minimum absolute atomic E-state index is 0.109. The van der Waals surface area contributed by atoms with Crippen molar-refractivity contribution in [2.75, 3.05) is 50.6 Å². The minimum Gasteiger partial charge on any atom is -0.396 e. The van der Waals surface area contributed by atoms with E-state index in [1.54, 1.807) is 19.0 Å². The second kappa shape index (κ2) is 6.94. The van der Waals surface area contributed by atoms with Crippen LogP contribution in [0.15, 0.2) is 6.20 Å². The van der Waals surface area contributed by atoms with Gasteiger partial charge in [-0.2, -0.15) is 4.98 Å². The van der Waals surface area contributed by atoms with E-state index in [9.17, 15) is 4.39 Å². The number of nitrogens with one attached hydrogen (secondary N) is 1. The maximum Gasteiger partial charge on any atom is 0.225 e. The standard InChI is InChI=1S/C15H24FN5O2/c1-20(2)14-13(16)6-17-15(19-14)18-10-5-11-9-23-12(3-4-22)8-21(11)7-10/h6,10-12,22H,3-5,7-9H2,1-2H3,(H,17,18,19)/t10-,11-,12-/m0/s1. The van der Waals surface area contributed by atoms with Gasteiger partial charge in [0.25, 0.3) is 0 Å². The highest BCUT2D eigenvalue weighted by atomic mass is 19.1. The second-order valence-corrected chi connectivity index (χ2v) is 6.41. The summed E-state index contributed by atoms with van der Waals surface area (Å²) < 4.78 is 19.4. The summed E-state index contributed by atoms with van der Waals surface area (Å²) in [5, 5.41) is 12.3. The molecule has 7 nitrogen and oxygen atoms in total. The van der Waals surface area contributed by atoms with E-state index < -0.39 is 5.82 Å². The quantitative estimate of drug-likeness (QED) is 0.807. The minimum atomic E-state index is -0.426. The second-order valence-electron chi connectivity index (χ2n) is 6.41. The van der Waals surface area contributed by atoms with Crippen molar-refractivity contribution in [1.82, 2.24) is 14.9 Å². The molecule has 0 aliphatic carbocycles. The molecule has 0 aromatic carbocycles. The van der Waals surface area contributed by atoms with Crippen molar-refractivity contribution in [1.29, 1.82) is 0 Å². The van der Waals surface area contributed by atoms with E-state index in [0.717, 1.165) is 19.5 Å². The van der Waals surface area contributed by atoms with Gasteiger partial charge in [-0.05, 0) is 12.8 Å². The number of rotatable bonds is 5. The summed E-state index contributed by atoms with van der Waals surface area (Å²) >= 11 is 0. The Morgan fingerprint density at radius 2 is 2.30 bits per heavy atom. The van der Waals surface area contributed by atoms with Crippen molar-refractivity contribution in [3.63, 3.8) is 0 Å². The Morgan fingerprint density at radius 1 is 1.48 bits per heavy atom. The number of aromatic nitrogens is 2. The Kier molecular flexibility index (Phi) is 4.93. The van der Waals surface area contributed by atoms with Gasteiger partial charge in [0.1, 0.15) is 0 Å². The molecule has 0 bridgehead atoms. The lowest BCUT2D eigenvalue weighted by atomic mass is 10.1. The molecule has 0 amide bonds. The molecule has 2 aliphatic heterocycles. The van der Waals surface area contributed by atoms with Gasteiger partial charge >= 0.3 is 0 Å². The average Bonchev–Trinajstić information content (AvgIpc) is 2.91. The third-order valence-corrected chi connectivity index (χ3v) is 4.42. The van der Waals surface area contributed by atoms with Gasteiger partial charge in [-0.25, -0.2) is 9.37 Å². The summed E-state index contributed by atoms with van der Waals surface area (Å²) in [5.41, 5.74) is 0. The van der Waals surface area contributed by atoms with E-state index in [4.69, 9.17) is 9.84 Å². The number of hydrogen-bond donors (Lipinski definition) is 2. The Balaban J connectivity index is 1.61. The van der Waals surface area contributed by atoms with Gasteiger partial charge in [0, 0.05) is 45.9 Å². The predicted molar refractivity (Wildman–Crippen MR) is 85.1 cm³/mol. The van der Waals surface area contributed by atoms with E-state index in [-0.39, 0.29) is 24.6 Å². The van der Waals surface area contributed by atoms with Crippen LogP contribution in [0.1, 0.15) is 12.8 Å². The third kappa shape index (κ3) is 3.70. The summed E-state index contributed by atoms with van der Waals surface area (Å²) in [6, 6.07) is 0.605. The summed E-state index contributed by atoms with van der Waals surface area (Å²) in [7, 11) is 3.51. The fourth-order valence-electron chi connectivity index (χ4n) is 3.29. The zero-order valence-corrected chi connectivity index (χ0v) is 13.6. The molecule has 0 radical (unpaired) electrons. The van der Waals surface area contributed by atoms with Crippen LogP contribution in [-0.4, -0.2) is 78.6 Å². The number of fused-ring (bicyclic) bond motifs is 1. The predicted octanol–water partition coefficient (Wildman–Crippen LogP) is 0.318. The molecule has 2 saturated heterocycles. The van der Waals surface area contributed by atoms with Crippen LogP contribution < -0.4 is 10.2 Å². The lowest BCUT2D eigenvalue weighted by Crippen LogP contribution is -2.46. The molecular formula is C15H24FN5O2. The van der Waals surface area contributed by atoms with Crippen LogP contribution >= 0.6 is 0 Å². The average molecular weight is 325 g/mol. The summed E-state index contributed by atoms with van der Waals surface area (Å²) in [5.74, 6) is 0.307. The van der Waals surface area contributed by atoms with Crippen LogP contribution in [0.2, 0.25) is 0 Å². The number of aliphatic hydroxyl groups is 1.